The van der Waals surface area contributed by atoms with E-state index < -0.39 is 0 Å². The fourth-order valence-corrected chi connectivity index (χ4v) is 3.34. The summed E-state index contributed by atoms with van der Waals surface area (Å²) in [6.07, 6.45) is 3.85. The van der Waals surface area contributed by atoms with E-state index in [4.69, 9.17) is 9.47 Å². The smallest absolute Gasteiger partial charge is 0.119 e. The summed E-state index contributed by atoms with van der Waals surface area (Å²) in [4.78, 5) is 0. The van der Waals surface area contributed by atoms with Gasteiger partial charge in [0.15, 0.2) is 0 Å². The van der Waals surface area contributed by atoms with Crippen LogP contribution >= 0.6 is 0 Å². The number of hydrogen-bond donors (Lipinski definition) is 1. The molecule has 3 nitrogen and oxygen atoms in total. The Morgan fingerprint density at radius 2 is 2.11 bits per heavy atom. The van der Waals surface area contributed by atoms with E-state index in [0.717, 1.165) is 24.9 Å². The molecule has 0 bridgehead atoms. The molecule has 0 spiro atoms. The Kier molecular flexibility index (Phi) is 3.76. The van der Waals surface area contributed by atoms with E-state index in [1.165, 1.54) is 37.9 Å². The monoisotopic (exact) mass is 261 g/mol. The van der Waals surface area contributed by atoms with Gasteiger partial charge in [-0.15, -0.1) is 0 Å². The first-order valence-electron chi connectivity index (χ1n) is 7.25. The number of nitrogens with one attached hydrogen (secondary N) is 1. The predicted octanol–water partition coefficient (Wildman–Crippen LogP) is 2.35. The van der Waals surface area contributed by atoms with Crippen LogP contribution in [0.4, 0.5) is 0 Å². The van der Waals surface area contributed by atoms with Crippen LogP contribution in [0.15, 0.2) is 24.3 Å². The maximum absolute atomic E-state index is 5.55. The van der Waals surface area contributed by atoms with Crippen molar-refractivity contribution in [2.45, 2.75) is 24.7 Å². The molecule has 2 fully saturated rings. The third-order valence-electron chi connectivity index (χ3n) is 4.58. The molecule has 0 unspecified atom stereocenters. The van der Waals surface area contributed by atoms with Gasteiger partial charge in [0.05, 0.1) is 20.3 Å². The average molecular weight is 261 g/mol. The van der Waals surface area contributed by atoms with Crippen LogP contribution in [0.3, 0.4) is 0 Å². The molecular weight excluding hydrogens is 238 g/mol. The number of methoxy groups -OCH3 is 1. The second kappa shape index (κ2) is 5.51. The molecule has 1 aromatic rings. The molecule has 0 saturated carbocycles. The zero-order chi connectivity index (χ0) is 13.1. The Bertz CT molecular complexity index is 423. The molecule has 0 amide bonds. The first-order valence-corrected chi connectivity index (χ1v) is 7.25. The molecule has 1 N–H and O–H groups in total. The van der Waals surface area contributed by atoms with Gasteiger partial charge < -0.3 is 14.8 Å². The van der Waals surface area contributed by atoms with Gasteiger partial charge in [-0.3, -0.25) is 0 Å². The Balaban J connectivity index is 1.77. The van der Waals surface area contributed by atoms with E-state index in [1.807, 2.05) is 6.07 Å². The van der Waals surface area contributed by atoms with Crippen LogP contribution in [-0.4, -0.2) is 33.4 Å². The van der Waals surface area contributed by atoms with Crippen LogP contribution in [0.2, 0.25) is 0 Å². The lowest BCUT2D eigenvalue weighted by Crippen LogP contribution is -2.49. The number of piperidine rings is 1. The Hall–Kier alpha value is -1.06. The third kappa shape index (κ3) is 2.63. The third-order valence-corrected chi connectivity index (χ3v) is 4.58. The summed E-state index contributed by atoms with van der Waals surface area (Å²) in [5.41, 5.74) is 1.62. The van der Waals surface area contributed by atoms with Gasteiger partial charge in [-0.1, -0.05) is 12.1 Å². The molecule has 19 heavy (non-hydrogen) atoms. The molecule has 0 aliphatic carbocycles. The lowest BCUT2D eigenvalue weighted by Gasteiger charge is -2.45. The van der Waals surface area contributed by atoms with E-state index >= 15 is 0 Å². The highest BCUT2D eigenvalue weighted by Gasteiger charge is 2.42. The predicted molar refractivity (Wildman–Crippen MR) is 75.7 cm³/mol. The zero-order valence-electron chi connectivity index (χ0n) is 11.7. The van der Waals surface area contributed by atoms with Crippen LogP contribution in [0.5, 0.6) is 5.75 Å². The topological polar surface area (TPSA) is 30.5 Å². The maximum Gasteiger partial charge on any atom is 0.119 e. The fraction of sp³-hybridized carbons (Fsp3) is 0.625. The molecular formula is C16H23NO2. The molecule has 2 saturated heterocycles. The van der Waals surface area contributed by atoms with E-state index in [2.05, 4.69) is 23.5 Å². The van der Waals surface area contributed by atoms with Crippen molar-refractivity contribution in [2.24, 2.45) is 5.92 Å². The van der Waals surface area contributed by atoms with E-state index in [9.17, 15) is 0 Å². The quantitative estimate of drug-likeness (QED) is 0.902. The summed E-state index contributed by atoms with van der Waals surface area (Å²) in [7, 11) is 1.73. The zero-order valence-corrected chi connectivity index (χ0v) is 11.7. The average Bonchev–Trinajstić information content (AvgIpc) is 2.44. The van der Waals surface area contributed by atoms with E-state index in [0.29, 0.717) is 0 Å². The van der Waals surface area contributed by atoms with E-state index in [1.54, 1.807) is 7.11 Å². The van der Waals surface area contributed by atoms with Gasteiger partial charge in [-0.2, -0.15) is 0 Å². The molecule has 3 heteroatoms. The van der Waals surface area contributed by atoms with Crippen molar-refractivity contribution >= 4 is 0 Å². The summed E-state index contributed by atoms with van der Waals surface area (Å²) in [5.74, 6) is 1.78. The van der Waals surface area contributed by atoms with Gasteiger partial charge >= 0.3 is 0 Å². The first-order chi connectivity index (χ1) is 9.32. The van der Waals surface area contributed by atoms with Crippen molar-refractivity contribution in [2.75, 3.05) is 33.4 Å². The molecule has 0 aromatic heterocycles. The SMILES string of the molecule is COc1cccc(C2(CC3CCNCC3)COC2)c1. The second-order valence-corrected chi connectivity index (χ2v) is 5.90. The number of ether oxygens (including phenoxy) is 2. The van der Waals surface area contributed by atoms with E-state index in [-0.39, 0.29) is 5.41 Å². The largest absolute Gasteiger partial charge is 0.497 e. The lowest BCUT2D eigenvalue weighted by atomic mass is 9.70. The van der Waals surface area contributed by atoms with Crippen molar-refractivity contribution in [1.29, 1.82) is 0 Å². The summed E-state index contributed by atoms with van der Waals surface area (Å²) >= 11 is 0. The van der Waals surface area contributed by atoms with Crippen molar-refractivity contribution in [3.05, 3.63) is 29.8 Å². The number of hydrogen-bond acceptors (Lipinski definition) is 3. The minimum atomic E-state index is 0.233. The molecule has 0 atom stereocenters. The summed E-state index contributed by atoms with van der Waals surface area (Å²) in [6.45, 7) is 4.06. The van der Waals surface area contributed by atoms with Crippen molar-refractivity contribution in [3.63, 3.8) is 0 Å². The van der Waals surface area contributed by atoms with Crippen molar-refractivity contribution in [1.82, 2.24) is 5.32 Å². The highest BCUT2D eigenvalue weighted by Crippen LogP contribution is 2.41. The molecule has 2 aliphatic rings. The normalized spacial score (nSPS) is 22.8. The van der Waals surface area contributed by atoms with Crippen molar-refractivity contribution in [3.8, 4) is 5.75 Å². The highest BCUT2D eigenvalue weighted by molar-refractivity contribution is 5.35. The second-order valence-electron chi connectivity index (χ2n) is 5.90. The molecule has 0 radical (unpaired) electrons. The highest BCUT2D eigenvalue weighted by atomic mass is 16.5. The Morgan fingerprint density at radius 3 is 2.74 bits per heavy atom. The lowest BCUT2D eigenvalue weighted by molar-refractivity contribution is -0.0731. The summed E-state index contributed by atoms with van der Waals surface area (Å²) in [6, 6.07) is 8.52. The van der Waals surface area contributed by atoms with Gasteiger partial charge in [0, 0.05) is 5.41 Å². The standard InChI is InChI=1S/C16H23NO2/c1-18-15-4-2-3-14(9-15)16(11-19-12-16)10-13-5-7-17-8-6-13/h2-4,9,13,17H,5-8,10-12H2,1H3. The van der Waals surface area contributed by atoms with Crippen LogP contribution in [0.1, 0.15) is 24.8 Å². The molecule has 104 valence electrons. The Labute approximate surface area is 115 Å². The summed E-state index contributed by atoms with van der Waals surface area (Å²) < 4.78 is 10.9. The number of rotatable bonds is 4. The molecule has 2 heterocycles. The Morgan fingerprint density at radius 1 is 1.32 bits per heavy atom. The van der Waals surface area contributed by atoms with Crippen LogP contribution in [-0.2, 0) is 10.2 Å². The minimum Gasteiger partial charge on any atom is -0.497 e. The molecule has 3 rings (SSSR count). The first kappa shape index (κ1) is 12.9. The van der Waals surface area contributed by atoms with Crippen LogP contribution < -0.4 is 10.1 Å². The van der Waals surface area contributed by atoms with Gasteiger partial charge in [-0.05, 0) is 56.0 Å². The fourth-order valence-electron chi connectivity index (χ4n) is 3.34. The van der Waals surface area contributed by atoms with Gasteiger partial charge in [0.2, 0.25) is 0 Å². The van der Waals surface area contributed by atoms with Gasteiger partial charge in [0.1, 0.15) is 5.75 Å². The molecule has 2 aliphatic heterocycles. The van der Waals surface area contributed by atoms with Crippen molar-refractivity contribution < 1.29 is 9.47 Å². The maximum atomic E-state index is 5.55. The molecule has 1 aromatic carbocycles. The van der Waals surface area contributed by atoms with Gasteiger partial charge in [0.25, 0.3) is 0 Å². The number of benzene rings is 1. The van der Waals surface area contributed by atoms with Gasteiger partial charge in [-0.25, -0.2) is 0 Å². The van der Waals surface area contributed by atoms with Crippen LogP contribution in [0.25, 0.3) is 0 Å². The minimum absolute atomic E-state index is 0.233. The van der Waals surface area contributed by atoms with Crippen LogP contribution in [0, 0.1) is 5.92 Å². The summed E-state index contributed by atoms with van der Waals surface area (Å²) in [5, 5.41) is 3.44.